The van der Waals surface area contributed by atoms with E-state index < -0.39 is 5.54 Å². The van der Waals surface area contributed by atoms with Crippen molar-refractivity contribution < 1.29 is 4.79 Å². The van der Waals surface area contributed by atoms with Gasteiger partial charge in [-0.15, -0.1) is 11.6 Å². The molecule has 16 heavy (non-hydrogen) atoms. The van der Waals surface area contributed by atoms with Crippen LogP contribution in [-0.2, 0) is 5.54 Å². The van der Waals surface area contributed by atoms with Crippen LogP contribution in [0, 0.1) is 0 Å². The minimum atomic E-state index is -0.391. The maximum Gasteiger partial charge on any atom is 0.315 e. The fraction of sp³-hybridized carbons (Fsp3) is 0.417. The van der Waals surface area contributed by atoms with Crippen molar-refractivity contribution in [2.24, 2.45) is 0 Å². The summed E-state index contributed by atoms with van der Waals surface area (Å²) in [6.07, 6.45) is 0. The summed E-state index contributed by atoms with van der Waals surface area (Å²) in [6, 6.07) is 9.64. The highest BCUT2D eigenvalue weighted by Gasteiger charge is 2.21. The maximum atomic E-state index is 11.5. The van der Waals surface area contributed by atoms with Crippen molar-refractivity contribution in [3.8, 4) is 0 Å². The average molecular weight is 241 g/mol. The van der Waals surface area contributed by atoms with Gasteiger partial charge in [0.05, 0.1) is 5.54 Å². The summed E-state index contributed by atoms with van der Waals surface area (Å²) in [5, 5.41) is 5.57. The Balaban J connectivity index is 2.61. The zero-order chi connectivity index (χ0) is 12.0. The lowest BCUT2D eigenvalue weighted by Gasteiger charge is -2.26. The SMILES string of the molecule is CC(C)(NC(=O)NCCCl)c1ccccc1. The molecule has 0 saturated heterocycles. The maximum absolute atomic E-state index is 11.5. The smallest absolute Gasteiger partial charge is 0.315 e. The van der Waals surface area contributed by atoms with E-state index >= 15 is 0 Å². The molecular weight excluding hydrogens is 224 g/mol. The van der Waals surface area contributed by atoms with Crippen molar-refractivity contribution in [2.45, 2.75) is 19.4 Å². The molecule has 0 aliphatic heterocycles. The Morgan fingerprint density at radius 2 is 1.94 bits per heavy atom. The molecule has 2 N–H and O–H groups in total. The second-order valence-corrected chi connectivity index (χ2v) is 4.44. The highest BCUT2D eigenvalue weighted by atomic mass is 35.5. The average Bonchev–Trinajstić information content (AvgIpc) is 2.27. The molecule has 0 aromatic heterocycles. The number of hydrogen-bond acceptors (Lipinski definition) is 1. The number of hydrogen-bond donors (Lipinski definition) is 2. The van der Waals surface area contributed by atoms with Gasteiger partial charge in [-0.25, -0.2) is 4.79 Å². The first-order valence-corrected chi connectivity index (χ1v) is 5.77. The number of amides is 2. The molecular formula is C12H17ClN2O. The first-order valence-electron chi connectivity index (χ1n) is 5.24. The monoisotopic (exact) mass is 240 g/mol. The first-order chi connectivity index (χ1) is 7.56. The van der Waals surface area contributed by atoms with Crippen LogP contribution in [0.1, 0.15) is 19.4 Å². The number of urea groups is 1. The van der Waals surface area contributed by atoms with Crippen molar-refractivity contribution in [1.82, 2.24) is 10.6 Å². The molecule has 0 fully saturated rings. The third kappa shape index (κ3) is 3.74. The molecule has 3 nitrogen and oxygen atoms in total. The Morgan fingerprint density at radius 1 is 1.31 bits per heavy atom. The fourth-order valence-corrected chi connectivity index (χ4v) is 1.51. The molecule has 0 bridgehead atoms. The summed E-state index contributed by atoms with van der Waals surface area (Å²) in [6.45, 7) is 4.39. The van der Waals surface area contributed by atoms with Gasteiger partial charge in [-0.3, -0.25) is 0 Å². The lowest BCUT2D eigenvalue weighted by Crippen LogP contribution is -2.46. The predicted octanol–water partition coefficient (Wildman–Crippen LogP) is 2.46. The molecule has 1 aromatic carbocycles. The van der Waals surface area contributed by atoms with E-state index in [0.717, 1.165) is 5.56 Å². The van der Waals surface area contributed by atoms with Crippen molar-refractivity contribution in [3.63, 3.8) is 0 Å². The quantitative estimate of drug-likeness (QED) is 0.780. The largest absolute Gasteiger partial charge is 0.337 e. The Bertz CT molecular complexity index is 338. The van der Waals surface area contributed by atoms with Gasteiger partial charge in [-0.1, -0.05) is 30.3 Å². The van der Waals surface area contributed by atoms with Gasteiger partial charge in [0.1, 0.15) is 0 Å². The van der Waals surface area contributed by atoms with Crippen molar-refractivity contribution in [2.75, 3.05) is 12.4 Å². The Hall–Kier alpha value is -1.22. The topological polar surface area (TPSA) is 41.1 Å². The third-order valence-electron chi connectivity index (χ3n) is 2.30. The zero-order valence-electron chi connectivity index (χ0n) is 9.59. The Labute approximate surface area is 101 Å². The molecule has 1 rings (SSSR count). The highest BCUT2D eigenvalue weighted by Crippen LogP contribution is 2.18. The number of carbonyl (C=O) groups excluding carboxylic acids is 1. The standard InChI is InChI=1S/C12H17ClN2O/c1-12(2,10-6-4-3-5-7-10)15-11(16)14-9-8-13/h3-7H,8-9H2,1-2H3,(H2,14,15,16). The van der Waals surface area contributed by atoms with Gasteiger partial charge in [0.25, 0.3) is 0 Å². The van der Waals surface area contributed by atoms with E-state index in [1.54, 1.807) is 0 Å². The summed E-state index contributed by atoms with van der Waals surface area (Å²) >= 11 is 5.49. The van der Waals surface area contributed by atoms with Crippen LogP contribution in [0.15, 0.2) is 30.3 Å². The van der Waals surface area contributed by atoms with Crippen LogP contribution in [-0.4, -0.2) is 18.5 Å². The number of halogens is 1. The van der Waals surface area contributed by atoms with Crippen LogP contribution in [0.4, 0.5) is 4.79 Å². The number of carbonyl (C=O) groups is 1. The number of rotatable bonds is 4. The minimum Gasteiger partial charge on any atom is -0.337 e. The van der Waals surface area contributed by atoms with Crippen molar-refractivity contribution >= 4 is 17.6 Å². The van der Waals surface area contributed by atoms with Gasteiger partial charge in [-0.05, 0) is 19.4 Å². The Morgan fingerprint density at radius 3 is 2.50 bits per heavy atom. The number of benzene rings is 1. The molecule has 2 amide bonds. The Kier molecular flexibility index (Phi) is 4.62. The van der Waals surface area contributed by atoms with Crippen LogP contribution >= 0.6 is 11.6 Å². The van der Waals surface area contributed by atoms with E-state index in [9.17, 15) is 4.79 Å². The van der Waals surface area contributed by atoms with Crippen LogP contribution in [0.5, 0.6) is 0 Å². The molecule has 1 aromatic rings. The van der Waals surface area contributed by atoms with Gasteiger partial charge in [0.2, 0.25) is 0 Å². The fourth-order valence-electron chi connectivity index (χ4n) is 1.42. The number of nitrogens with one attached hydrogen (secondary N) is 2. The molecule has 0 unspecified atom stereocenters. The minimum absolute atomic E-state index is 0.200. The van der Waals surface area contributed by atoms with E-state index in [0.29, 0.717) is 12.4 Å². The lowest BCUT2D eigenvalue weighted by atomic mass is 9.95. The predicted molar refractivity (Wildman–Crippen MR) is 66.7 cm³/mol. The van der Waals surface area contributed by atoms with Crippen LogP contribution in [0.3, 0.4) is 0 Å². The van der Waals surface area contributed by atoms with Crippen LogP contribution in [0.2, 0.25) is 0 Å². The molecule has 0 atom stereocenters. The van der Waals surface area contributed by atoms with Crippen LogP contribution < -0.4 is 10.6 Å². The molecule has 0 heterocycles. The molecule has 4 heteroatoms. The summed E-state index contributed by atoms with van der Waals surface area (Å²) in [4.78, 5) is 11.5. The molecule has 0 aliphatic rings. The highest BCUT2D eigenvalue weighted by molar-refractivity contribution is 6.18. The van der Waals surface area contributed by atoms with Gasteiger partial charge >= 0.3 is 6.03 Å². The molecule has 88 valence electrons. The van der Waals surface area contributed by atoms with Gasteiger partial charge in [-0.2, -0.15) is 0 Å². The first kappa shape index (κ1) is 12.8. The van der Waals surface area contributed by atoms with Gasteiger partial charge in [0.15, 0.2) is 0 Å². The van der Waals surface area contributed by atoms with Gasteiger partial charge < -0.3 is 10.6 Å². The molecule has 0 aliphatic carbocycles. The van der Waals surface area contributed by atoms with E-state index in [-0.39, 0.29) is 6.03 Å². The summed E-state index contributed by atoms with van der Waals surface area (Å²) < 4.78 is 0. The van der Waals surface area contributed by atoms with E-state index in [1.807, 2.05) is 44.2 Å². The summed E-state index contributed by atoms with van der Waals surface area (Å²) in [5.74, 6) is 0.416. The molecule has 0 spiro atoms. The van der Waals surface area contributed by atoms with Crippen LogP contribution in [0.25, 0.3) is 0 Å². The molecule has 0 saturated carbocycles. The normalized spacial score (nSPS) is 10.9. The van der Waals surface area contributed by atoms with E-state index in [2.05, 4.69) is 10.6 Å². The van der Waals surface area contributed by atoms with E-state index in [1.165, 1.54) is 0 Å². The molecule has 0 radical (unpaired) electrons. The summed E-state index contributed by atoms with van der Waals surface area (Å²) in [5.41, 5.74) is 0.675. The zero-order valence-corrected chi connectivity index (χ0v) is 10.3. The third-order valence-corrected chi connectivity index (χ3v) is 2.49. The van der Waals surface area contributed by atoms with E-state index in [4.69, 9.17) is 11.6 Å². The van der Waals surface area contributed by atoms with Crippen molar-refractivity contribution in [1.29, 1.82) is 0 Å². The second kappa shape index (κ2) is 5.75. The number of alkyl halides is 1. The summed E-state index contributed by atoms with van der Waals surface area (Å²) in [7, 11) is 0. The van der Waals surface area contributed by atoms with Crippen molar-refractivity contribution in [3.05, 3.63) is 35.9 Å². The lowest BCUT2D eigenvalue weighted by molar-refractivity contribution is 0.230. The van der Waals surface area contributed by atoms with Gasteiger partial charge in [0, 0.05) is 12.4 Å². The second-order valence-electron chi connectivity index (χ2n) is 4.06.